The minimum Gasteiger partial charge on any atom is -0.387 e. The quantitative estimate of drug-likeness (QED) is 0.151. The molecule has 1 aliphatic carbocycles. The molecule has 25 heavy (non-hydrogen) atoms. The van der Waals surface area contributed by atoms with Gasteiger partial charge in [0.25, 0.3) is 0 Å². The van der Waals surface area contributed by atoms with Crippen LogP contribution in [0.3, 0.4) is 0 Å². The topological polar surface area (TPSA) is 241 Å². The van der Waals surface area contributed by atoms with Crippen LogP contribution in [0, 0.1) is 0 Å². The number of rotatable bonds is 6. The molecule has 0 amide bonds. The zero-order valence-electron chi connectivity index (χ0n) is 12.2. The molecule has 8 N–H and O–H groups in total. The van der Waals surface area contributed by atoms with Gasteiger partial charge in [0.1, 0.15) is 30.5 Å². The molecule has 145 valence electrons. The van der Waals surface area contributed by atoms with Gasteiger partial charge in [-0.05, 0) is 0 Å². The second kappa shape index (κ2) is 9.12. The van der Waals surface area contributed by atoms with Crippen molar-refractivity contribution in [1.29, 1.82) is 0 Å². The monoisotopic (exact) mass is 445 g/mol. The van der Waals surface area contributed by atoms with E-state index in [1.54, 1.807) is 0 Å². The summed E-state index contributed by atoms with van der Waals surface area (Å²) < 4.78 is 58.4. The van der Waals surface area contributed by atoms with Crippen molar-refractivity contribution in [2.24, 2.45) is 0 Å². The Morgan fingerprint density at radius 1 is 0.640 bits per heavy atom. The second-order valence-corrected chi connectivity index (χ2v) is 8.18. The Balaban J connectivity index is 0.00000576. The van der Waals surface area contributed by atoms with E-state index in [9.17, 15) is 28.3 Å². The standard InChI is InChI=1S/C6H14FO14P3.Na/c7-1-2(8)5(20-23(13,14)15)3(9)6(21-24(16,17)18)4(1)19-22(10,11)12;/h1-6,8-9H,(H2,10,11,12)(H2,13,14,15)(H2,16,17,18);. The zero-order valence-corrected chi connectivity index (χ0v) is 16.9. The van der Waals surface area contributed by atoms with Crippen molar-refractivity contribution < 1.29 is 71.2 Å². The van der Waals surface area contributed by atoms with E-state index >= 15 is 0 Å². The van der Waals surface area contributed by atoms with Gasteiger partial charge in [0.2, 0.25) is 0 Å². The van der Waals surface area contributed by atoms with Gasteiger partial charge in [0.05, 0.1) is 0 Å². The van der Waals surface area contributed by atoms with Crippen LogP contribution in [-0.4, -0.2) is 106 Å². The number of hydrogen-bond donors (Lipinski definition) is 8. The molecule has 0 bridgehead atoms. The number of halogens is 1. The van der Waals surface area contributed by atoms with Gasteiger partial charge in [-0.2, -0.15) is 0 Å². The maximum Gasteiger partial charge on any atom is 0.470 e. The molecule has 0 aromatic heterocycles. The minimum atomic E-state index is -5.49. The van der Waals surface area contributed by atoms with Crippen LogP contribution in [0.5, 0.6) is 0 Å². The fourth-order valence-corrected chi connectivity index (χ4v) is 3.66. The molecule has 6 unspecified atom stereocenters. The molecule has 1 saturated carbocycles. The van der Waals surface area contributed by atoms with Crippen LogP contribution >= 0.6 is 23.5 Å². The van der Waals surface area contributed by atoms with E-state index in [0.717, 1.165) is 0 Å². The molecule has 6 atom stereocenters. The average Bonchev–Trinajstić information content (AvgIpc) is 2.32. The van der Waals surface area contributed by atoms with Crippen LogP contribution in [0.4, 0.5) is 4.39 Å². The third-order valence-corrected chi connectivity index (χ3v) is 4.30. The van der Waals surface area contributed by atoms with Gasteiger partial charge < -0.3 is 39.6 Å². The van der Waals surface area contributed by atoms with Crippen LogP contribution < -0.4 is 0 Å². The summed E-state index contributed by atoms with van der Waals surface area (Å²) in [7, 11) is -16.4. The molecule has 1 aliphatic rings. The molecule has 0 saturated heterocycles. The van der Waals surface area contributed by atoms with Crippen LogP contribution in [-0.2, 0) is 27.3 Å². The Hall–Kier alpha value is 1.18. The number of alkyl halides is 1. The summed E-state index contributed by atoms with van der Waals surface area (Å²) in [6.45, 7) is 0. The van der Waals surface area contributed by atoms with E-state index in [1.165, 1.54) is 0 Å². The number of phosphoric ester groups is 3. The first kappa shape index (κ1) is 26.2. The van der Waals surface area contributed by atoms with Crippen LogP contribution in [0.15, 0.2) is 0 Å². The van der Waals surface area contributed by atoms with Gasteiger partial charge >= 0.3 is 23.5 Å². The molecule has 1 rings (SSSR count). The average molecular weight is 445 g/mol. The molecule has 1 fully saturated rings. The van der Waals surface area contributed by atoms with E-state index in [1.807, 2.05) is 0 Å². The Kier molecular flexibility index (Phi) is 9.55. The molecular weight excluding hydrogens is 431 g/mol. The van der Waals surface area contributed by atoms with Crippen LogP contribution in [0.2, 0.25) is 0 Å². The predicted molar refractivity (Wildman–Crippen MR) is 73.4 cm³/mol. The van der Waals surface area contributed by atoms with Crippen LogP contribution in [0.25, 0.3) is 0 Å². The molecule has 0 aliphatic heterocycles. The first-order valence-corrected chi connectivity index (χ1v) is 10.3. The minimum absolute atomic E-state index is 0. The third-order valence-electron chi connectivity index (χ3n) is 2.75. The Labute approximate surface area is 160 Å². The molecule has 1 radical (unpaired) electrons. The van der Waals surface area contributed by atoms with E-state index in [0.29, 0.717) is 0 Å². The van der Waals surface area contributed by atoms with Crippen molar-refractivity contribution >= 4 is 53.0 Å². The van der Waals surface area contributed by atoms with Gasteiger partial charge in [-0.3, -0.25) is 13.6 Å². The number of aliphatic hydroxyl groups is 2. The Morgan fingerprint density at radius 3 is 1.32 bits per heavy atom. The summed E-state index contributed by atoms with van der Waals surface area (Å²) in [5.74, 6) is 0. The van der Waals surface area contributed by atoms with E-state index in [-0.39, 0.29) is 29.6 Å². The first-order chi connectivity index (χ1) is 10.5. The molecule has 0 heterocycles. The normalized spacial score (nSPS) is 34.4. The third kappa shape index (κ3) is 8.38. The van der Waals surface area contributed by atoms with Crippen LogP contribution in [0.1, 0.15) is 0 Å². The maximum absolute atomic E-state index is 14.1. The van der Waals surface area contributed by atoms with E-state index in [4.69, 9.17) is 29.4 Å². The summed E-state index contributed by atoms with van der Waals surface area (Å²) in [5, 5.41) is 19.4. The fraction of sp³-hybridized carbons (Fsp3) is 1.00. The Morgan fingerprint density at radius 2 is 0.960 bits per heavy atom. The van der Waals surface area contributed by atoms with E-state index < -0.39 is 60.2 Å². The summed E-state index contributed by atoms with van der Waals surface area (Å²) in [5.41, 5.74) is 0. The van der Waals surface area contributed by atoms with Crippen molar-refractivity contribution in [3.8, 4) is 0 Å². The molecular formula is C6H14FNaO14P3. The molecule has 0 aromatic rings. The molecule has 0 spiro atoms. The summed E-state index contributed by atoms with van der Waals surface area (Å²) in [4.78, 5) is 52.1. The van der Waals surface area contributed by atoms with E-state index in [2.05, 4.69) is 13.6 Å². The van der Waals surface area contributed by atoms with Crippen molar-refractivity contribution in [2.45, 2.75) is 36.7 Å². The fourth-order valence-electron chi connectivity index (χ4n) is 1.98. The van der Waals surface area contributed by atoms with Crippen molar-refractivity contribution in [1.82, 2.24) is 0 Å². The van der Waals surface area contributed by atoms with Gasteiger partial charge in [-0.15, -0.1) is 0 Å². The van der Waals surface area contributed by atoms with Gasteiger partial charge in [-0.25, -0.2) is 18.1 Å². The summed E-state index contributed by atoms with van der Waals surface area (Å²) in [6.07, 6.45) is -15.6. The van der Waals surface area contributed by atoms with Gasteiger partial charge in [0.15, 0.2) is 6.17 Å². The van der Waals surface area contributed by atoms with Gasteiger partial charge in [0, 0.05) is 29.6 Å². The first-order valence-electron chi connectivity index (χ1n) is 5.74. The number of aliphatic hydroxyl groups excluding tert-OH is 2. The Bertz CT molecular complexity index is 585. The molecule has 14 nitrogen and oxygen atoms in total. The van der Waals surface area contributed by atoms with Crippen molar-refractivity contribution in [2.75, 3.05) is 0 Å². The zero-order chi connectivity index (χ0) is 19.1. The van der Waals surface area contributed by atoms with Gasteiger partial charge in [-0.1, -0.05) is 0 Å². The predicted octanol–water partition coefficient (Wildman–Crippen LogP) is -2.89. The maximum atomic E-state index is 14.1. The largest absolute Gasteiger partial charge is 0.470 e. The molecule has 0 aromatic carbocycles. The number of hydrogen-bond acceptors (Lipinski definition) is 8. The second-order valence-electron chi connectivity index (χ2n) is 4.61. The smallest absolute Gasteiger partial charge is 0.387 e. The summed E-state index contributed by atoms with van der Waals surface area (Å²) >= 11 is 0. The molecule has 19 heteroatoms. The van der Waals surface area contributed by atoms with Crippen molar-refractivity contribution in [3.05, 3.63) is 0 Å². The summed E-state index contributed by atoms with van der Waals surface area (Å²) in [6, 6.07) is 0. The SMILES string of the molecule is O=P(O)(O)OC1C(O)C(F)C(OP(=O)(O)O)C(OP(=O)(O)O)C1O.[Na]. The van der Waals surface area contributed by atoms with Crippen molar-refractivity contribution in [3.63, 3.8) is 0 Å². The number of phosphoric acid groups is 3.